The third kappa shape index (κ3) is 5.95. The summed E-state index contributed by atoms with van der Waals surface area (Å²) in [6.45, 7) is 5.44. The largest absolute Gasteiger partial charge is 0.466 e. The van der Waals surface area contributed by atoms with E-state index in [9.17, 15) is 14.4 Å². The predicted molar refractivity (Wildman–Crippen MR) is 125 cm³/mol. The first-order valence-electron chi connectivity index (χ1n) is 10.8. The van der Waals surface area contributed by atoms with Gasteiger partial charge in [-0.25, -0.2) is 14.6 Å². The van der Waals surface area contributed by atoms with E-state index in [1.165, 1.54) is 12.0 Å². The van der Waals surface area contributed by atoms with Crippen molar-refractivity contribution >= 4 is 34.8 Å². The Hall–Kier alpha value is -3.27. The van der Waals surface area contributed by atoms with E-state index in [0.717, 1.165) is 36.2 Å². The van der Waals surface area contributed by atoms with E-state index in [0.29, 0.717) is 29.9 Å². The Morgan fingerprint density at radius 1 is 1.24 bits per heavy atom. The number of benzene rings is 1. The molecule has 0 unspecified atom stereocenters. The molecule has 0 bridgehead atoms. The molecule has 33 heavy (non-hydrogen) atoms. The summed E-state index contributed by atoms with van der Waals surface area (Å²) in [7, 11) is 1.25. The second kappa shape index (κ2) is 11.6. The summed E-state index contributed by atoms with van der Waals surface area (Å²) in [5.41, 5.74) is 1.25. The number of esters is 2. The summed E-state index contributed by atoms with van der Waals surface area (Å²) in [6, 6.07) is 9.47. The average molecular weight is 473 g/mol. The molecule has 1 fully saturated rings. The van der Waals surface area contributed by atoms with Gasteiger partial charge in [-0.05, 0) is 30.7 Å². The minimum absolute atomic E-state index is 0.204. The van der Waals surface area contributed by atoms with E-state index >= 15 is 0 Å². The minimum atomic E-state index is -0.622. The number of carbonyl (C=O) groups is 3. The smallest absolute Gasteiger partial charge is 0.358 e. The number of hydrogen-bond acceptors (Lipinski definition) is 9. The van der Waals surface area contributed by atoms with Gasteiger partial charge in [-0.1, -0.05) is 43.7 Å². The lowest BCUT2D eigenvalue weighted by Crippen LogP contribution is -2.29. The lowest BCUT2D eigenvalue weighted by molar-refractivity contribution is -0.140. The highest BCUT2D eigenvalue weighted by Gasteiger charge is 2.36. The van der Waals surface area contributed by atoms with Crippen molar-refractivity contribution in [2.45, 2.75) is 33.2 Å². The van der Waals surface area contributed by atoms with Crippen LogP contribution in [0.3, 0.4) is 0 Å². The summed E-state index contributed by atoms with van der Waals surface area (Å²) >= 11 is 1.06. The van der Waals surface area contributed by atoms with Crippen molar-refractivity contribution < 1.29 is 23.9 Å². The first-order chi connectivity index (χ1) is 16.0. The van der Waals surface area contributed by atoms with Crippen molar-refractivity contribution in [2.24, 2.45) is 4.99 Å². The number of nitrogens with one attached hydrogen (secondary N) is 1. The Morgan fingerprint density at radius 2 is 2.00 bits per heavy atom. The monoisotopic (exact) mass is 472 g/mol. The maximum atomic E-state index is 13.1. The van der Waals surface area contributed by atoms with Crippen molar-refractivity contribution in [3.05, 3.63) is 58.4 Å². The van der Waals surface area contributed by atoms with E-state index in [-0.39, 0.29) is 24.0 Å². The molecule has 176 valence electrons. The van der Waals surface area contributed by atoms with Gasteiger partial charge >= 0.3 is 11.9 Å². The molecule has 9 nitrogen and oxygen atoms in total. The number of thioether (sulfide) groups is 1. The maximum absolute atomic E-state index is 13.1. The van der Waals surface area contributed by atoms with Gasteiger partial charge in [0.25, 0.3) is 5.91 Å². The van der Waals surface area contributed by atoms with E-state index < -0.39 is 11.9 Å². The second-order valence-electron chi connectivity index (χ2n) is 7.27. The van der Waals surface area contributed by atoms with Crippen molar-refractivity contribution in [3.8, 4) is 0 Å². The van der Waals surface area contributed by atoms with E-state index in [1.807, 2.05) is 35.2 Å². The highest BCUT2D eigenvalue weighted by molar-refractivity contribution is 8.18. The second-order valence-corrected chi connectivity index (χ2v) is 8.28. The number of amidine groups is 1. The van der Waals surface area contributed by atoms with Crippen LogP contribution >= 0.6 is 11.8 Å². The van der Waals surface area contributed by atoms with Crippen LogP contribution in [0.4, 0.5) is 0 Å². The summed E-state index contributed by atoms with van der Waals surface area (Å²) in [4.78, 5) is 45.8. The van der Waals surface area contributed by atoms with Crippen molar-refractivity contribution in [3.63, 3.8) is 0 Å². The topological polar surface area (TPSA) is 101 Å². The third-order valence-corrected chi connectivity index (χ3v) is 5.96. The Labute approximate surface area is 197 Å². The number of ether oxygens (including phenoxy) is 2. The number of unbranched alkanes of at least 4 members (excludes halogenated alkanes) is 1. The molecule has 1 amide bonds. The van der Waals surface area contributed by atoms with Crippen LogP contribution in [0.25, 0.3) is 0 Å². The fourth-order valence-corrected chi connectivity index (χ4v) is 4.24. The molecule has 0 saturated carbocycles. The highest BCUT2D eigenvalue weighted by atomic mass is 32.2. The standard InChI is InChI=1S/C23H28N4O5S/c1-4-6-12-26-15-24-20(19(26)22(30)32-5-2)25-23-27(14-16-10-8-7-9-11-16)21(29)17(33-23)13-18(28)31-3/h7-11,13,24H,4-6,12,14-15H2,1-3H3. The normalized spacial score (nSPS) is 18.3. The van der Waals surface area contributed by atoms with E-state index in [1.54, 1.807) is 6.92 Å². The van der Waals surface area contributed by atoms with E-state index in [4.69, 9.17) is 4.74 Å². The lowest BCUT2D eigenvalue weighted by atomic mass is 10.2. The first kappa shape index (κ1) is 24.4. The van der Waals surface area contributed by atoms with Crippen LogP contribution in [0, 0.1) is 0 Å². The van der Waals surface area contributed by atoms with Crippen molar-refractivity contribution in [2.75, 3.05) is 26.9 Å². The van der Waals surface area contributed by atoms with E-state index in [2.05, 4.69) is 22.0 Å². The number of methoxy groups -OCH3 is 1. The third-order valence-electron chi connectivity index (χ3n) is 4.96. The zero-order chi connectivity index (χ0) is 23.8. The molecule has 0 atom stereocenters. The fraction of sp³-hybridized carbons (Fsp3) is 0.391. The van der Waals surface area contributed by atoms with Gasteiger partial charge in [0.2, 0.25) is 0 Å². The molecule has 0 spiro atoms. The average Bonchev–Trinajstić information content (AvgIpc) is 3.34. The van der Waals surface area contributed by atoms with Gasteiger partial charge in [-0.15, -0.1) is 0 Å². The molecule has 1 aromatic rings. The molecule has 0 aromatic heterocycles. The zero-order valence-electron chi connectivity index (χ0n) is 19.0. The molecule has 2 heterocycles. The number of rotatable bonds is 9. The van der Waals surface area contributed by atoms with Gasteiger partial charge in [0.15, 0.2) is 16.7 Å². The van der Waals surface area contributed by atoms with Crippen LogP contribution in [0.15, 0.2) is 57.8 Å². The van der Waals surface area contributed by atoms with Crippen molar-refractivity contribution in [1.82, 2.24) is 15.1 Å². The Balaban J connectivity index is 2.00. The summed E-state index contributed by atoms with van der Waals surface area (Å²) in [5, 5.41) is 3.51. The Morgan fingerprint density at radius 3 is 2.67 bits per heavy atom. The molecule has 2 aliphatic heterocycles. The molecule has 1 aromatic carbocycles. The molecular weight excluding hydrogens is 444 g/mol. The molecule has 0 aliphatic carbocycles. The molecule has 1 saturated heterocycles. The molecule has 0 radical (unpaired) electrons. The predicted octanol–water partition coefficient (Wildman–Crippen LogP) is 2.57. The number of nitrogens with zero attached hydrogens (tertiary/aromatic N) is 3. The van der Waals surface area contributed by atoms with Crippen LogP contribution in [0.1, 0.15) is 32.3 Å². The van der Waals surface area contributed by atoms with Gasteiger partial charge in [0, 0.05) is 12.6 Å². The van der Waals surface area contributed by atoms with Gasteiger partial charge < -0.3 is 19.7 Å². The van der Waals surface area contributed by atoms with Crippen LogP contribution in [-0.4, -0.2) is 59.7 Å². The summed E-state index contributed by atoms with van der Waals surface area (Å²) in [5.74, 6) is -1.10. The fourth-order valence-electron chi connectivity index (χ4n) is 3.30. The molecular formula is C23H28N4O5S. The summed E-state index contributed by atoms with van der Waals surface area (Å²) in [6.07, 6.45) is 3.05. The summed E-state index contributed by atoms with van der Waals surface area (Å²) < 4.78 is 9.94. The van der Waals surface area contributed by atoms with Gasteiger partial charge in [-0.2, -0.15) is 0 Å². The quantitative estimate of drug-likeness (QED) is 0.432. The number of carbonyl (C=O) groups excluding carboxylic acids is 3. The maximum Gasteiger partial charge on any atom is 0.358 e. The van der Waals surface area contributed by atoms with Crippen LogP contribution in [0.5, 0.6) is 0 Å². The molecule has 2 aliphatic rings. The van der Waals surface area contributed by atoms with Crippen LogP contribution in [-0.2, 0) is 30.4 Å². The number of aliphatic imine (C=N–C) groups is 1. The SMILES string of the molecule is CCCCN1CNC(N=C2SC(=CC(=O)OC)C(=O)N2Cc2ccccc2)=C1C(=O)OCC. The van der Waals surface area contributed by atoms with Gasteiger partial charge in [0.1, 0.15) is 0 Å². The first-order valence-corrected chi connectivity index (χ1v) is 11.6. The zero-order valence-corrected chi connectivity index (χ0v) is 19.8. The Bertz CT molecular complexity index is 990. The van der Waals surface area contributed by atoms with Crippen LogP contribution in [0.2, 0.25) is 0 Å². The molecule has 10 heteroatoms. The van der Waals surface area contributed by atoms with Crippen LogP contribution < -0.4 is 5.32 Å². The molecule has 1 N–H and O–H groups in total. The lowest BCUT2D eigenvalue weighted by Gasteiger charge is -2.19. The number of hydrogen-bond donors (Lipinski definition) is 1. The van der Waals surface area contributed by atoms with Gasteiger partial charge in [0.05, 0.1) is 31.8 Å². The molecule has 3 rings (SSSR count). The Kier molecular flexibility index (Phi) is 8.53. The minimum Gasteiger partial charge on any atom is -0.466 e. The van der Waals surface area contributed by atoms with Crippen molar-refractivity contribution in [1.29, 1.82) is 0 Å². The van der Waals surface area contributed by atoms with Gasteiger partial charge in [-0.3, -0.25) is 9.69 Å². The highest BCUT2D eigenvalue weighted by Crippen LogP contribution is 2.33. The number of amides is 1.